The second-order valence-corrected chi connectivity index (χ2v) is 6.14. The summed E-state index contributed by atoms with van der Waals surface area (Å²) in [4.78, 5) is 2.55. The van der Waals surface area contributed by atoms with Gasteiger partial charge in [0.2, 0.25) is 0 Å². The van der Waals surface area contributed by atoms with Crippen molar-refractivity contribution in [1.82, 2.24) is 14.8 Å². The van der Waals surface area contributed by atoms with Gasteiger partial charge in [-0.3, -0.25) is 4.90 Å². The number of benzene rings is 1. The summed E-state index contributed by atoms with van der Waals surface area (Å²) in [5.74, 6) is 0. The van der Waals surface area contributed by atoms with E-state index in [2.05, 4.69) is 59.8 Å². The second kappa shape index (κ2) is 5.58. The van der Waals surface area contributed by atoms with Gasteiger partial charge >= 0.3 is 0 Å². The second-order valence-electron chi connectivity index (χ2n) is 6.14. The molecular formula is C17H25N3. The van der Waals surface area contributed by atoms with E-state index >= 15 is 0 Å². The molecule has 2 heterocycles. The Labute approximate surface area is 121 Å². The number of nitrogens with one attached hydrogen (secondary N) is 1. The number of fused-ring (bicyclic) bond motifs is 1. The van der Waals surface area contributed by atoms with Crippen LogP contribution in [0.4, 0.5) is 0 Å². The van der Waals surface area contributed by atoms with Crippen molar-refractivity contribution < 1.29 is 0 Å². The van der Waals surface area contributed by atoms with Crippen LogP contribution in [0, 0.1) is 6.92 Å². The Kier molecular flexibility index (Phi) is 3.81. The van der Waals surface area contributed by atoms with Crippen LogP contribution in [-0.2, 0) is 6.54 Å². The van der Waals surface area contributed by atoms with Crippen LogP contribution in [0.3, 0.4) is 0 Å². The molecule has 3 heteroatoms. The molecule has 0 bridgehead atoms. The van der Waals surface area contributed by atoms with Crippen LogP contribution in [0.1, 0.15) is 31.1 Å². The van der Waals surface area contributed by atoms with Gasteiger partial charge in [-0.1, -0.05) is 18.2 Å². The number of para-hydroxylation sites is 1. The summed E-state index contributed by atoms with van der Waals surface area (Å²) in [6.07, 6.45) is 0. The van der Waals surface area contributed by atoms with E-state index in [1.807, 2.05) is 0 Å². The van der Waals surface area contributed by atoms with Gasteiger partial charge < -0.3 is 9.88 Å². The van der Waals surface area contributed by atoms with Crippen LogP contribution in [0.5, 0.6) is 0 Å². The van der Waals surface area contributed by atoms with Crippen molar-refractivity contribution in [1.29, 1.82) is 0 Å². The molecule has 3 nitrogen and oxygen atoms in total. The Hall–Kier alpha value is -1.32. The molecule has 2 aromatic rings. The average Bonchev–Trinajstić information content (AvgIpc) is 2.79. The fourth-order valence-electron chi connectivity index (χ4n) is 3.33. The van der Waals surface area contributed by atoms with Crippen LogP contribution in [0.25, 0.3) is 10.9 Å². The number of rotatable bonds is 3. The normalized spacial score (nSPS) is 17.2. The lowest BCUT2D eigenvalue weighted by atomic mass is 10.1. The highest BCUT2D eigenvalue weighted by Gasteiger charge is 2.16. The molecule has 1 aromatic carbocycles. The molecule has 1 fully saturated rings. The van der Waals surface area contributed by atoms with E-state index < -0.39 is 0 Å². The largest absolute Gasteiger partial charge is 0.341 e. The molecule has 1 aliphatic heterocycles. The molecule has 3 rings (SSSR count). The van der Waals surface area contributed by atoms with Crippen molar-refractivity contribution in [3.05, 3.63) is 35.5 Å². The quantitative estimate of drug-likeness (QED) is 0.926. The molecule has 0 radical (unpaired) electrons. The molecule has 1 saturated heterocycles. The first-order valence-electron chi connectivity index (χ1n) is 7.69. The monoisotopic (exact) mass is 271 g/mol. The van der Waals surface area contributed by atoms with Gasteiger partial charge in [-0.2, -0.15) is 0 Å². The topological polar surface area (TPSA) is 20.2 Å². The lowest BCUT2D eigenvalue weighted by Crippen LogP contribution is -2.43. The van der Waals surface area contributed by atoms with Crippen molar-refractivity contribution in [2.75, 3.05) is 26.2 Å². The highest BCUT2D eigenvalue weighted by molar-refractivity contribution is 5.84. The Morgan fingerprint density at radius 2 is 1.95 bits per heavy atom. The lowest BCUT2D eigenvalue weighted by Gasteiger charge is -2.28. The number of nitrogens with zero attached hydrogens (tertiary/aromatic N) is 2. The van der Waals surface area contributed by atoms with Crippen LogP contribution in [0.2, 0.25) is 0 Å². The van der Waals surface area contributed by atoms with Crippen molar-refractivity contribution in [3.63, 3.8) is 0 Å². The maximum atomic E-state index is 3.43. The number of piperazine rings is 1. The lowest BCUT2D eigenvalue weighted by molar-refractivity contribution is 0.227. The maximum Gasteiger partial charge on any atom is 0.0515 e. The van der Waals surface area contributed by atoms with Crippen LogP contribution < -0.4 is 5.32 Å². The standard InChI is InChI=1S/C17H25N3/c1-13(2)20-16(12-19-9-7-18-8-10-19)11-15-6-4-5-14(3)17(15)20/h4-6,11,13,18H,7-10,12H2,1-3H3. The molecule has 1 N–H and O–H groups in total. The first-order valence-corrected chi connectivity index (χ1v) is 7.69. The van der Waals surface area contributed by atoms with Gasteiger partial charge in [0.05, 0.1) is 5.52 Å². The zero-order chi connectivity index (χ0) is 14.1. The summed E-state index contributed by atoms with van der Waals surface area (Å²) in [6, 6.07) is 9.51. The minimum Gasteiger partial charge on any atom is -0.341 e. The van der Waals surface area contributed by atoms with E-state index in [-0.39, 0.29) is 0 Å². The fourth-order valence-corrected chi connectivity index (χ4v) is 3.33. The summed E-state index contributed by atoms with van der Waals surface area (Å²) in [5, 5.41) is 4.80. The third kappa shape index (κ3) is 2.48. The van der Waals surface area contributed by atoms with Gasteiger partial charge in [-0.15, -0.1) is 0 Å². The minimum atomic E-state index is 0.506. The summed E-state index contributed by atoms with van der Waals surface area (Å²) < 4.78 is 2.52. The molecule has 20 heavy (non-hydrogen) atoms. The first kappa shape index (κ1) is 13.7. The molecule has 1 aromatic heterocycles. The smallest absolute Gasteiger partial charge is 0.0515 e. The summed E-state index contributed by atoms with van der Waals surface area (Å²) in [7, 11) is 0. The van der Waals surface area contributed by atoms with Crippen LogP contribution in [0.15, 0.2) is 24.3 Å². The van der Waals surface area contributed by atoms with Crippen LogP contribution in [-0.4, -0.2) is 35.6 Å². The Morgan fingerprint density at radius 3 is 2.65 bits per heavy atom. The van der Waals surface area contributed by atoms with Crippen LogP contribution >= 0.6 is 0 Å². The maximum absolute atomic E-state index is 3.43. The number of aryl methyl sites for hydroxylation is 1. The van der Waals surface area contributed by atoms with Crippen molar-refractivity contribution in [2.45, 2.75) is 33.4 Å². The van der Waals surface area contributed by atoms with Gasteiger partial charge in [0.15, 0.2) is 0 Å². The highest BCUT2D eigenvalue weighted by Crippen LogP contribution is 2.27. The highest BCUT2D eigenvalue weighted by atomic mass is 15.2. The molecule has 0 aliphatic carbocycles. The Balaban J connectivity index is 2.01. The van der Waals surface area contributed by atoms with E-state index in [0.717, 1.165) is 32.7 Å². The van der Waals surface area contributed by atoms with Crippen molar-refractivity contribution >= 4 is 10.9 Å². The molecule has 0 unspecified atom stereocenters. The number of aromatic nitrogens is 1. The molecule has 0 spiro atoms. The fraction of sp³-hybridized carbons (Fsp3) is 0.529. The van der Waals surface area contributed by atoms with Gasteiger partial charge in [-0.25, -0.2) is 0 Å². The zero-order valence-corrected chi connectivity index (χ0v) is 12.8. The SMILES string of the molecule is Cc1cccc2cc(CN3CCNCC3)n(C(C)C)c12. The molecule has 0 amide bonds. The Bertz CT molecular complexity index is 592. The van der Waals surface area contributed by atoms with E-state index in [4.69, 9.17) is 0 Å². The van der Waals surface area contributed by atoms with Gasteiger partial charge in [0.1, 0.15) is 0 Å². The first-order chi connectivity index (χ1) is 9.66. The predicted octanol–water partition coefficient (Wildman–Crippen LogP) is 2.94. The summed E-state index contributed by atoms with van der Waals surface area (Å²) in [6.45, 7) is 12.4. The van der Waals surface area contributed by atoms with Gasteiger partial charge in [0.25, 0.3) is 0 Å². The number of hydrogen-bond acceptors (Lipinski definition) is 2. The molecule has 108 valence electrons. The summed E-state index contributed by atoms with van der Waals surface area (Å²) >= 11 is 0. The van der Waals surface area contributed by atoms with Gasteiger partial charge in [0, 0.05) is 49.8 Å². The van der Waals surface area contributed by atoms with Gasteiger partial charge in [-0.05, 0) is 32.4 Å². The summed E-state index contributed by atoms with van der Waals surface area (Å²) in [5.41, 5.74) is 4.24. The minimum absolute atomic E-state index is 0.506. The third-order valence-corrected chi connectivity index (χ3v) is 4.25. The molecular weight excluding hydrogens is 246 g/mol. The predicted molar refractivity (Wildman–Crippen MR) is 85.2 cm³/mol. The van der Waals surface area contributed by atoms with E-state index in [9.17, 15) is 0 Å². The third-order valence-electron chi connectivity index (χ3n) is 4.25. The average molecular weight is 271 g/mol. The van der Waals surface area contributed by atoms with Crippen molar-refractivity contribution in [2.24, 2.45) is 0 Å². The molecule has 0 saturated carbocycles. The molecule has 1 aliphatic rings. The Morgan fingerprint density at radius 1 is 1.20 bits per heavy atom. The number of hydrogen-bond donors (Lipinski definition) is 1. The molecule has 0 atom stereocenters. The zero-order valence-electron chi connectivity index (χ0n) is 12.8. The van der Waals surface area contributed by atoms with E-state index in [1.165, 1.54) is 22.2 Å². The van der Waals surface area contributed by atoms with Crippen molar-refractivity contribution in [3.8, 4) is 0 Å². The van der Waals surface area contributed by atoms with E-state index in [0.29, 0.717) is 6.04 Å². The van der Waals surface area contributed by atoms with E-state index in [1.54, 1.807) is 0 Å².